The number of halogens is 1. The number of carbonyl (C=O) groups excluding carboxylic acids is 1. The van der Waals surface area contributed by atoms with Crippen molar-refractivity contribution >= 4 is 5.78 Å². The third-order valence-corrected chi connectivity index (χ3v) is 3.87. The van der Waals surface area contributed by atoms with Crippen LogP contribution < -0.4 is 0 Å². The van der Waals surface area contributed by atoms with Crippen molar-refractivity contribution < 1.29 is 9.18 Å². The fourth-order valence-corrected chi connectivity index (χ4v) is 3.08. The SMILES string of the molecule is N#CC12CC(C(=O)c3ccccc3F)(C1)C2. The molecule has 0 aromatic heterocycles. The molecule has 0 saturated heterocycles. The first-order valence-electron chi connectivity index (χ1n) is 5.32. The largest absolute Gasteiger partial charge is 0.293 e. The highest BCUT2D eigenvalue weighted by Crippen LogP contribution is 2.73. The minimum atomic E-state index is -0.455. The molecule has 3 aliphatic carbocycles. The molecule has 0 atom stereocenters. The minimum Gasteiger partial charge on any atom is -0.293 e. The molecule has 3 fully saturated rings. The highest BCUT2D eigenvalue weighted by Gasteiger charge is 2.72. The quantitative estimate of drug-likeness (QED) is 0.711. The molecule has 3 saturated carbocycles. The van der Waals surface area contributed by atoms with Gasteiger partial charge in [0.05, 0.1) is 17.0 Å². The van der Waals surface area contributed by atoms with Crippen LogP contribution in [-0.2, 0) is 0 Å². The number of benzene rings is 1. The molecule has 0 heterocycles. The maximum atomic E-state index is 13.4. The van der Waals surface area contributed by atoms with E-state index in [0.29, 0.717) is 19.3 Å². The third-order valence-electron chi connectivity index (χ3n) is 3.87. The zero-order chi connectivity index (χ0) is 11.4. The lowest BCUT2D eigenvalue weighted by atomic mass is 9.34. The molecular weight excluding hydrogens is 205 g/mol. The Hall–Kier alpha value is -1.69. The number of hydrogen-bond donors (Lipinski definition) is 0. The van der Waals surface area contributed by atoms with E-state index in [4.69, 9.17) is 5.26 Å². The lowest BCUT2D eigenvalue weighted by Gasteiger charge is -2.65. The van der Waals surface area contributed by atoms with Crippen molar-refractivity contribution in [1.29, 1.82) is 5.26 Å². The van der Waals surface area contributed by atoms with Crippen LogP contribution in [0.4, 0.5) is 4.39 Å². The smallest absolute Gasteiger partial charge is 0.172 e. The van der Waals surface area contributed by atoms with Gasteiger partial charge in [-0.05, 0) is 31.4 Å². The summed E-state index contributed by atoms with van der Waals surface area (Å²) in [6.45, 7) is 0. The highest BCUT2D eigenvalue weighted by molar-refractivity contribution is 6.03. The summed E-state index contributed by atoms with van der Waals surface area (Å²) in [5, 5.41) is 8.87. The standard InChI is InChI=1S/C13H10FNO/c14-10-4-2-1-3-9(10)11(16)13-5-12(6-13,7-13)8-15/h1-4H,5-7H2. The van der Waals surface area contributed by atoms with Crippen LogP contribution in [0.3, 0.4) is 0 Å². The van der Waals surface area contributed by atoms with Gasteiger partial charge < -0.3 is 0 Å². The van der Waals surface area contributed by atoms with E-state index in [1.54, 1.807) is 12.1 Å². The number of nitrogens with zero attached hydrogens (tertiary/aromatic N) is 1. The van der Waals surface area contributed by atoms with Crippen LogP contribution in [0.5, 0.6) is 0 Å². The summed E-state index contributed by atoms with van der Waals surface area (Å²) in [7, 11) is 0. The van der Waals surface area contributed by atoms with E-state index in [0.717, 1.165) is 0 Å². The average Bonchev–Trinajstić information content (AvgIpc) is 2.15. The molecule has 0 spiro atoms. The van der Waals surface area contributed by atoms with Gasteiger partial charge in [-0.15, -0.1) is 0 Å². The Labute approximate surface area is 92.7 Å². The topological polar surface area (TPSA) is 40.9 Å². The number of ketones is 1. The van der Waals surface area contributed by atoms with Crippen molar-refractivity contribution in [1.82, 2.24) is 0 Å². The second kappa shape index (κ2) is 2.70. The van der Waals surface area contributed by atoms with E-state index in [1.807, 2.05) is 0 Å². The number of Topliss-reactive ketones (excluding diaryl/α,β-unsaturated/α-hetero) is 1. The van der Waals surface area contributed by atoms with Gasteiger partial charge in [0.15, 0.2) is 5.78 Å². The molecule has 1 aromatic rings. The van der Waals surface area contributed by atoms with E-state index in [-0.39, 0.29) is 16.8 Å². The summed E-state index contributed by atoms with van der Waals surface area (Å²) in [6, 6.07) is 8.32. The van der Waals surface area contributed by atoms with E-state index in [2.05, 4.69) is 6.07 Å². The Balaban J connectivity index is 1.88. The van der Waals surface area contributed by atoms with Gasteiger partial charge in [-0.25, -0.2) is 4.39 Å². The molecule has 1 aromatic carbocycles. The van der Waals surface area contributed by atoms with Crippen molar-refractivity contribution in [2.45, 2.75) is 19.3 Å². The van der Waals surface area contributed by atoms with Crippen molar-refractivity contribution in [3.05, 3.63) is 35.6 Å². The second-order valence-corrected chi connectivity index (χ2v) is 5.01. The van der Waals surface area contributed by atoms with Gasteiger partial charge in [-0.3, -0.25) is 4.79 Å². The van der Waals surface area contributed by atoms with Gasteiger partial charge in [0.2, 0.25) is 0 Å². The van der Waals surface area contributed by atoms with Crippen LogP contribution in [0, 0.1) is 28.0 Å². The molecule has 2 nitrogen and oxygen atoms in total. The van der Waals surface area contributed by atoms with Crippen molar-refractivity contribution in [3.63, 3.8) is 0 Å². The van der Waals surface area contributed by atoms with Crippen LogP contribution in [0.25, 0.3) is 0 Å². The number of carbonyl (C=O) groups is 1. The summed E-state index contributed by atoms with van der Waals surface area (Å²) in [5.41, 5.74) is -0.507. The Morgan fingerprint density at radius 1 is 1.31 bits per heavy atom. The summed E-state index contributed by atoms with van der Waals surface area (Å²) in [5.74, 6) is -0.578. The molecular formula is C13H10FNO. The molecule has 16 heavy (non-hydrogen) atoms. The average molecular weight is 215 g/mol. The molecule has 80 valence electrons. The molecule has 3 heteroatoms. The Bertz CT molecular complexity index is 509. The lowest BCUT2D eigenvalue weighted by molar-refractivity contribution is -0.125. The van der Waals surface area contributed by atoms with Gasteiger partial charge in [-0.1, -0.05) is 12.1 Å². The normalized spacial score (nSPS) is 34.5. The van der Waals surface area contributed by atoms with Gasteiger partial charge >= 0.3 is 0 Å². The van der Waals surface area contributed by atoms with Crippen LogP contribution >= 0.6 is 0 Å². The van der Waals surface area contributed by atoms with Crippen molar-refractivity contribution in [2.75, 3.05) is 0 Å². The highest BCUT2D eigenvalue weighted by atomic mass is 19.1. The van der Waals surface area contributed by atoms with E-state index >= 15 is 0 Å². The molecule has 0 amide bonds. The molecule has 0 aliphatic heterocycles. The van der Waals surface area contributed by atoms with Crippen LogP contribution in [0.1, 0.15) is 29.6 Å². The zero-order valence-electron chi connectivity index (χ0n) is 8.66. The van der Waals surface area contributed by atoms with Gasteiger partial charge in [0.25, 0.3) is 0 Å². The first-order valence-corrected chi connectivity index (χ1v) is 5.32. The summed E-state index contributed by atoms with van der Waals surface area (Å²) in [6.07, 6.45) is 1.84. The maximum absolute atomic E-state index is 13.4. The van der Waals surface area contributed by atoms with Gasteiger partial charge in [0.1, 0.15) is 5.82 Å². The van der Waals surface area contributed by atoms with Crippen LogP contribution in [-0.4, -0.2) is 5.78 Å². The first kappa shape index (κ1) is 9.53. The molecule has 0 radical (unpaired) electrons. The maximum Gasteiger partial charge on any atom is 0.172 e. The first-order chi connectivity index (χ1) is 7.61. The second-order valence-electron chi connectivity index (χ2n) is 5.01. The fourth-order valence-electron chi connectivity index (χ4n) is 3.08. The Kier molecular flexibility index (Phi) is 1.61. The molecule has 0 unspecified atom stereocenters. The summed E-state index contributed by atoms with van der Waals surface area (Å²) >= 11 is 0. The molecule has 0 N–H and O–H groups in total. The number of nitriles is 1. The predicted molar refractivity (Wildman–Crippen MR) is 55.1 cm³/mol. The van der Waals surface area contributed by atoms with E-state index in [9.17, 15) is 9.18 Å². The molecule has 4 rings (SSSR count). The molecule has 3 aliphatic rings. The molecule has 2 bridgehead atoms. The van der Waals surface area contributed by atoms with Crippen LogP contribution in [0.2, 0.25) is 0 Å². The van der Waals surface area contributed by atoms with Gasteiger partial charge in [-0.2, -0.15) is 5.26 Å². The minimum absolute atomic E-state index is 0.122. The lowest BCUT2D eigenvalue weighted by Crippen LogP contribution is -2.64. The van der Waals surface area contributed by atoms with Crippen molar-refractivity contribution in [2.24, 2.45) is 10.8 Å². The monoisotopic (exact) mass is 215 g/mol. The fraction of sp³-hybridized carbons (Fsp3) is 0.385. The zero-order valence-corrected chi connectivity index (χ0v) is 8.66. The number of hydrogen-bond acceptors (Lipinski definition) is 2. The number of rotatable bonds is 2. The van der Waals surface area contributed by atoms with Gasteiger partial charge in [0, 0.05) is 5.41 Å². The summed E-state index contributed by atoms with van der Waals surface area (Å²) in [4.78, 5) is 12.1. The van der Waals surface area contributed by atoms with E-state index in [1.165, 1.54) is 12.1 Å². The van der Waals surface area contributed by atoms with Crippen molar-refractivity contribution in [3.8, 4) is 6.07 Å². The third kappa shape index (κ3) is 0.969. The Morgan fingerprint density at radius 3 is 2.50 bits per heavy atom. The Morgan fingerprint density at radius 2 is 1.94 bits per heavy atom. The summed E-state index contributed by atoms with van der Waals surface area (Å²) < 4.78 is 13.4. The van der Waals surface area contributed by atoms with E-state index < -0.39 is 11.2 Å². The van der Waals surface area contributed by atoms with Crippen LogP contribution in [0.15, 0.2) is 24.3 Å². The predicted octanol–water partition coefficient (Wildman–Crippen LogP) is 2.70.